The molecule has 0 unspecified atom stereocenters. The molecule has 0 aromatic carbocycles. The van der Waals surface area contributed by atoms with Crippen molar-refractivity contribution in [2.75, 3.05) is 0 Å². The van der Waals surface area contributed by atoms with Crippen LogP contribution in [0.4, 0.5) is 4.39 Å². The molecule has 1 aliphatic carbocycles. The standard InChI is InChI=1S/C12H17FN2.ClH/c13-12-10(7-4-8-15-12)11(14)9-5-2-1-3-6-9;/h4,7-9,11H,1-3,5-6,14H2;1H/t11-;/m1./s1. The molecular weight excluding hydrogens is 227 g/mol. The van der Waals surface area contributed by atoms with Crippen molar-refractivity contribution < 1.29 is 4.39 Å². The van der Waals surface area contributed by atoms with E-state index < -0.39 is 5.95 Å². The van der Waals surface area contributed by atoms with Crippen molar-refractivity contribution >= 4 is 12.4 Å². The summed E-state index contributed by atoms with van der Waals surface area (Å²) in [5.41, 5.74) is 6.66. The van der Waals surface area contributed by atoms with Crippen LogP contribution in [0.15, 0.2) is 18.3 Å². The van der Waals surface area contributed by atoms with Crippen LogP contribution in [0.5, 0.6) is 0 Å². The number of pyridine rings is 1. The fourth-order valence-corrected chi connectivity index (χ4v) is 2.39. The minimum Gasteiger partial charge on any atom is -0.324 e. The van der Waals surface area contributed by atoms with Crippen molar-refractivity contribution in [2.24, 2.45) is 11.7 Å². The maximum atomic E-state index is 13.4. The van der Waals surface area contributed by atoms with Gasteiger partial charge in [0.05, 0.1) is 0 Å². The minimum atomic E-state index is -0.407. The molecule has 1 aromatic heterocycles. The molecule has 2 N–H and O–H groups in total. The van der Waals surface area contributed by atoms with Crippen LogP contribution in [0.1, 0.15) is 43.7 Å². The van der Waals surface area contributed by atoms with Gasteiger partial charge in [-0.15, -0.1) is 12.4 Å². The van der Waals surface area contributed by atoms with E-state index in [4.69, 9.17) is 5.73 Å². The van der Waals surface area contributed by atoms with Gasteiger partial charge >= 0.3 is 0 Å². The van der Waals surface area contributed by atoms with Crippen molar-refractivity contribution in [2.45, 2.75) is 38.1 Å². The molecule has 16 heavy (non-hydrogen) atoms. The molecular formula is C12H18ClFN2. The molecule has 90 valence electrons. The first-order valence-electron chi connectivity index (χ1n) is 5.65. The number of halogens is 2. The van der Waals surface area contributed by atoms with Crippen LogP contribution in [-0.2, 0) is 0 Å². The molecule has 1 atom stereocenters. The third-order valence-electron chi connectivity index (χ3n) is 3.30. The maximum absolute atomic E-state index is 13.4. The molecule has 2 rings (SSSR count). The van der Waals surface area contributed by atoms with Crippen molar-refractivity contribution in [3.63, 3.8) is 0 Å². The number of nitrogens with zero attached hydrogens (tertiary/aromatic N) is 1. The van der Waals surface area contributed by atoms with E-state index in [1.54, 1.807) is 12.1 Å². The normalized spacial score (nSPS) is 18.9. The Kier molecular flexibility index (Phi) is 5.16. The number of nitrogens with two attached hydrogens (primary N) is 1. The molecule has 0 radical (unpaired) electrons. The fraction of sp³-hybridized carbons (Fsp3) is 0.583. The summed E-state index contributed by atoms with van der Waals surface area (Å²) in [5.74, 6) is 0.0213. The fourth-order valence-electron chi connectivity index (χ4n) is 2.39. The zero-order chi connectivity index (χ0) is 10.7. The second-order valence-corrected chi connectivity index (χ2v) is 4.31. The van der Waals surface area contributed by atoms with Gasteiger partial charge in [-0.1, -0.05) is 25.3 Å². The van der Waals surface area contributed by atoms with Crippen LogP contribution in [0.2, 0.25) is 0 Å². The lowest BCUT2D eigenvalue weighted by Crippen LogP contribution is -2.24. The Bertz CT molecular complexity index is 327. The van der Waals surface area contributed by atoms with E-state index in [0.29, 0.717) is 11.5 Å². The number of hydrogen-bond donors (Lipinski definition) is 1. The molecule has 4 heteroatoms. The molecule has 2 nitrogen and oxygen atoms in total. The molecule has 1 aromatic rings. The Morgan fingerprint density at radius 1 is 1.31 bits per heavy atom. The van der Waals surface area contributed by atoms with Crippen molar-refractivity contribution in [1.29, 1.82) is 0 Å². The predicted molar refractivity (Wildman–Crippen MR) is 64.9 cm³/mol. The Labute approximate surface area is 102 Å². The van der Waals surface area contributed by atoms with Crippen molar-refractivity contribution in [1.82, 2.24) is 4.98 Å². The summed E-state index contributed by atoms with van der Waals surface area (Å²) in [7, 11) is 0. The SMILES string of the molecule is Cl.N[C@@H](c1cccnc1F)C1CCCCC1. The molecule has 0 aliphatic heterocycles. The summed E-state index contributed by atoms with van der Waals surface area (Å²) in [6.45, 7) is 0. The van der Waals surface area contributed by atoms with E-state index in [9.17, 15) is 4.39 Å². The maximum Gasteiger partial charge on any atom is 0.217 e. The summed E-state index contributed by atoms with van der Waals surface area (Å²) in [6, 6.07) is 3.32. The van der Waals surface area contributed by atoms with E-state index in [1.807, 2.05) is 0 Å². The summed E-state index contributed by atoms with van der Waals surface area (Å²) < 4.78 is 13.4. The van der Waals surface area contributed by atoms with Gasteiger partial charge in [-0.3, -0.25) is 0 Å². The predicted octanol–water partition coefficient (Wildman–Crippen LogP) is 3.22. The zero-order valence-corrected chi connectivity index (χ0v) is 10.0. The molecule has 0 amide bonds. The molecule has 0 spiro atoms. The van der Waals surface area contributed by atoms with Gasteiger partial charge in [0.2, 0.25) is 5.95 Å². The van der Waals surface area contributed by atoms with Gasteiger partial charge in [0.15, 0.2) is 0 Å². The first-order chi connectivity index (χ1) is 7.29. The van der Waals surface area contributed by atoms with Crippen molar-refractivity contribution in [3.8, 4) is 0 Å². The molecule has 1 saturated carbocycles. The van der Waals surface area contributed by atoms with Crippen LogP contribution in [0.3, 0.4) is 0 Å². The molecule has 1 heterocycles. The lowest BCUT2D eigenvalue weighted by molar-refractivity contribution is 0.302. The lowest BCUT2D eigenvalue weighted by Gasteiger charge is -2.27. The van der Waals surface area contributed by atoms with Crippen LogP contribution in [0, 0.1) is 11.9 Å². The van der Waals surface area contributed by atoms with Gasteiger partial charge in [-0.2, -0.15) is 4.39 Å². The Hall–Kier alpha value is -0.670. The second kappa shape index (κ2) is 6.16. The summed E-state index contributed by atoms with van der Waals surface area (Å²) >= 11 is 0. The smallest absolute Gasteiger partial charge is 0.217 e. The number of aromatic nitrogens is 1. The van der Waals surface area contributed by atoms with Crippen LogP contribution in [-0.4, -0.2) is 4.98 Å². The second-order valence-electron chi connectivity index (χ2n) is 4.31. The van der Waals surface area contributed by atoms with Gasteiger partial charge in [0, 0.05) is 17.8 Å². The molecule has 1 aliphatic rings. The summed E-state index contributed by atoms with van der Waals surface area (Å²) in [6.07, 6.45) is 7.44. The van der Waals surface area contributed by atoms with E-state index in [-0.39, 0.29) is 18.4 Å². The highest BCUT2D eigenvalue weighted by atomic mass is 35.5. The summed E-state index contributed by atoms with van der Waals surface area (Å²) in [5, 5.41) is 0. The van der Waals surface area contributed by atoms with Gasteiger partial charge < -0.3 is 5.73 Å². The van der Waals surface area contributed by atoms with Gasteiger partial charge in [-0.05, 0) is 24.8 Å². The van der Waals surface area contributed by atoms with Gasteiger partial charge in [0.1, 0.15) is 0 Å². The first-order valence-corrected chi connectivity index (χ1v) is 5.65. The Morgan fingerprint density at radius 3 is 2.62 bits per heavy atom. The van der Waals surface area contributed by atoms with E-state index in [1.165, 1.54) is 25.5 Å². The minimum absolute atomic E-state index is 0. The van der Waals surface area contributed by atoms with Gasteiger partial charge in [0.25, 0.3) is 0 Å². The average Bonchev–Trinajstić information content (AvgIpc) is 2.30. The van der Waals surface area contributed by atoms with E-state index in [2.05, 4.69) is 4.98 Å². The monoisotopic (exact) mass is 244 g/mol. The zero-order valence-electron chi connectivity index (χ0n) is 9.23. The van der Waals surface area contributed by atoms with Crippen LogP contribution in [0.25, 0.3) is 0 Å². The third-order valence-corrected chi connectivity index (χ3v) is 3.30. The molecule has 0 bridgehead atoms. The van der Waals surface area contributed by atoms with Crippen LogP contribution >= 0.6 is 12.4 Å². The Balaban J connectivity index is 0.00000128. The topological polar surface area (TPSA) is 38.9 Å². The Morgan fingerprint density at radius 2 is 2.00 bits per heavy atom. The average molecular weight is 245 g/mol. The molecule has 1 fully saturated rings. The van der Waals surface area contributed by atoms with E-state index >= 15 is 0 Å². The lowest BCUT2D eigenvalue weighted by atomic mass is 9.82. The highest BCUT2D eigenvalue weighted by Gasteiger charge is 2.23. The van der Waals surface area contributed by atoms with Crippen LogP contribution < -0.4 is 5.73 Å². The van der Waals surface area contributed by atoms with Gasteiger partial charge in [-0.25, -0.2) is 4.98 Å². The highest BCUT2D eigenvalue weighted by molar-refractivity contribution is 5.85. The first kappa shape index (κ1) is 13.4. The quantitative estimate of drug-likeness (QED) is 0.812. The number of hydrogen-bond acceptors (Lipinski definition) is 2. The van der Waals surface area contributed by atoms with Crippen molar-refractivity contribution in [3.05, 3.63) is 29.8 Å². The highest BCUT2D eigenvalue weighted by Crippen LogP contribution is 2.33. The third kappa shape index (κ3) is 2.92. The molecule has 0 saturated heterocycles. The summed E-state index contributed by atoms with van der Waals surface area (Å²) in [4.78, 5) is 3.65. The van der Waals surface area contributed by atoms with E-state index in [0.717, 1.165) is 12.8 Å². The number of rotatable bonds is 2. The largest absolute Gasteiger partial charge is 0.324 e.